The van der Waals surface area contributed by atoms with Gasteiger partial charge in [-0.05, 0) is 59.7 Å². The van der Waals surface area contributed by atoms with E-state index in [1.54, 1.807) is 62.8 Å². The maximum atomic E-state index is 12.0. The number of nitrogens with zero attached hydrogens (tertiary/aromatic N) is 2. The summed E-state index contributed by atoms with van der Waals surface area (Å²) in [6, 6.07) is 32.9. The van der Waals surface area contributed by atoms with Gasteiger partial charge in [0.25, 0.3) is 11.8 Å². The first-order valence-electron chi connectivity index (χ1n) is 13.7. The Bertz CT molecular complexity index is 1590. The maximum Gasteiger partial charge on any atom is 0.394 e. The van der Waals surface area contributed by atoms with Gasteiger partial charge in [-0.15, -0.1) is 0 Å². The van der Waals surface area contributed by atoms with Crippen LogP contribution in [0.15, 0.2) is 119 Å². The molecule has 8 N–H and O–H groups in total. The molecule has 248 valence electrons. The summed E-state index contributed by atoms with van der Waals surface area (Å²) in [7, 11) is -1.52. The standard InChI is InChI=1S/2C16H17N3O2.H2O4S/c2*1-21-14-9-7-13(8-10-14)15(20)19-16(17)18-11-12-5-3-2-4-6-12;1-5(2,3)4/h2*2-10H,11H2,1H3,(H3,17,18,19,20);(H2,1,2,3,4). The van der Waals surface area contributed by atoms with E-state index in [1.165, 1.54) is 0 Å². The average molecular weight is 665 g/mol. The predicted octanol–water partition coefficient (Wildman–Crippen LogP) is 3.23. The van der Waals surface area contributed by atoms with E-state index in [9.17, 15) is 9.59 Å². The van der Waals surface area contributed by atoms with Gasteiger partial charge >= 0.3 is 10.4 Å². The normalized spacial score (nSPS) is 11.1. The van der Waals surface area contributed by atoms with Crippen molar-refractivity contribution in [2.45, 2.75) is 13.1 Å². The van der Waals surface area contributed by atoms with E-state index >= 15 is 0 Å². The zero-order valence-electron chi connectivity index (χ0n) is 25.6. The fourth-order valence-corrected chi connectivity index (χ4v) is 3.46. The van der Waals surface area contributed by atoms with Gasteiger partial charge in [0.1, 0.15) is 11.5 Å². The van der Waals surface area contributed by atoms with Crippen molar-refractivity contribution in [1.82, 2.24) is 10.6 Å². The van der Waals surface area contributed by atoms with Gasteiger partial charge in [-0.1, -0.05) is 60.7 Å². The third-order valence-electron chi connectivity index (χ3n) is 5.74. The van der Waals surface area contributed by atoms with Crippen molar-refractivity contribution in [2.75, 3.05) is 14.2 Å². The lowest BCUT2D eigenvalue weighted by atomic mass is 10.2. The topological polar surface area (TPSA) is 228 Å². The zero-order valence-corrected chi connectivity index (χ0v) is 26.4. The number of nitrogens with one attached hydrogen (secondary N) is 2. The highest BCUT2D eigenvalue weighted by molar-refractivity contribution is 7.79. The van der Waals surface area contributed by atoms with Gasteiger partial charge in [0.15, 0.2) is 11.9 Å². The number of amides is 2. The molecule has 0 saturated heterocycles. The molecule has 0 aliphatic rings. The van der Waals surface area contributed by atoms with Gasteiger partial charge in [0, 0.05) is 11.1 Å². The van der Waals surface area contributed by atoms with Crippen molar-refractivity contribution in [1.29, 1.82) is 0 Å². The van der Waals surface area contributed by atoms with Gasteiger partial charge in [0.05, 0.1) is 27.3 Å². The zero-order chi connectivity index (χ0) is 34.7. The van der Waals surface area contributed by atoms with Gasteiger partial charge < -0.3 is 20.9 Å². The highest BCUT2D eigenvalue weighted by Gasteiger charge is 2.08. The number of aliphatic imine (C=N–C) groups is 2. The van der Waals surface area contributed by atoms with E-state index < -0.39 is 10.4 Å². The number of hydrogen-bond donors (Lipinski definition) is 6. The second kappa shape index (κ2) is 19.6. The van der Waals surface area contributed by atoms with E-state index in [0.29, 0.717) is 35.7 Å². The lowest BCUT2D eigenvalue weighted by molar-refractivity contribution is 0.0968. The fourth-order valence-electron chi connectivity index (χ4n) is 3.46. The number of ether oxygens (including phenoxy) is 2. The van der Waals surface area contributed by atoms with E-state index in [1.807, 2.05) is 60.7 Å². The fraction of sp³-hybridized carbons (Fsp3) is 0.125. The van der Waals surface area contributed by atoms with Gasteiger partial charge in [-0.2, -0.15) is 8.42 Å². The largest absolute Gasteiger partial charge is 0.497 e. The summed E-state index contributed by atoms with van der Waals surface area (Å²) < 4.78 is 41.7. The number of hydrogen-bond acceptors (Lipinski definition) is 8. The minimum absolute atomic E-state index is 0.0969. The van der Waals surface area contributed by atoms with E-state index in [2.05, 4.69) is 20.6 Å². The SMILES string of the molecule is COc1ccc(C(=O)NC(N)=NCc2ccccc2)cc1.COc1ccc(C(=O)NC(N)=NCc2ccccc2)cc1.O=S(=O)(O)O. The Balaban J connectivity index is 0.000000286. The molecule has 0 aliphatic carbocycles. The number of guanidine groups is 2. The van der Waals surface area contributed by atoms with E-state index in [-0.39, 0.29) is 23.7 Å². The van der Waals surface area contributed by atoms with Crippen molar-refractivity contribution >= 4 is 34.1 Å². The summed E-state index contributed by atoms with van der Waals surface area (Å²) in [5.74, 6) is 0.979. The van der Waals surface area contributed by atoms with Crippen LogP contribution in [0.4, 0.5) is 0 Å². The number of carbonyl (C=O) groups is 2. The van der Waals surface area contributed by atoms with Crippen molar-refractivity contribution in [3.8, 4) is 11.5 Å². The highest BCUT2D eigenvalue weighted by Crippen LogP contribution is 2.12. The molecule has 2 amide bonds. The Labute approximate surface area is 272 Å². The molecule has 4 aromatic rings. The Morgan fingerprint density at radius 3 is 1.19 bits per heavy atom. The molecule has 14 nitrogen and oxygen atoms in total. The van der Waals surface area contributed by atoms with Crippen LogP contribution in [0.2, 0.25) is 0 Å². The summed E-state index contributed by atoms with van der Waals surface area (Å²) in [6.07, 6.45) is 0. The first-order chi connectivity index (χ1) is 22.4. The molecular formula is C32H36N6O8S. The van der Waals surface area contributed by atoms with Crippen LogP contribution >= 0.6 is 0 Å². The summed E-state index contributed by atoms with van der Waals surface area (Å²) in [4.78, 5) is 32.2. The van der Waals surface area contributed by atoms with Crippen molar-refractivity contribution in [3.05, 3.63) is 131 Å². The molecular weight excluding hydrogens is 628 g/mol. The highest BCUT2D eigenvalue weighted by atomic mass is 32.3. The molecule has 0 radical (unpaired) electrons. The lowest BCUT2D eigenvalue weighted by Crippen LogP contribution is -2.36. The molecule has 0 fully saturated rings. The number of methoxy groups -OCH3 is 2. The molecule has 0 heterocycles. The van der Waals surface area contributed by atoms with Crippen molar-refractivity contribution in [3.63, 3.8) is 0 Å². The Kier molecular flexibility index (Phi) is 15.6. The molecule has 0 aliphatic heterocycles. The summed E-state index contributed by atoms with van der Waals surface area (Å²) in [5.41, 5.74) is 14.5. The van der Waals surface area contributed by atoms with Gasteiger partial charge in [0.2, 0.25) is 0 Å². The first-order valence-corrected chi connectivity index (χ1v) is 15.1. The summed E-state index contributed by atoms with van der Waals surface area (Å²) in [6.45, 7) is 0.852. The minimum Gasteiger partial charge on any atom is -0.497 e. The Morgan fingerprint density at radius 1 is 0.617 bits per heavy atom. The lowest BCUT2D eigenvalue weighted by Gasteiger charge is -2.05. The van der Waals surface area contributed by atoms with Crippen LogP contribution in [-0.2, 0) is 23.5 Å². The molecule has 0 saturated carbocycles. The molecule has 47 heavy (non-hydrogen) atoms. The molecule has 15 heteroatoms. The predicted molar refractivity (Wildman–Crippen MR) is 179 cm³/mol. The van der Waals surface area contributed by atoms with Crippen LogP contribution in [0.5, 0.6) is 11.5 Å². The second-order valence-electron chi connectivity index (χ2n) is 9.19. The Hall–Kier alpha value is -5.77. The summed E-state index contributed by atoms with van der Waals surface area (Å²) >= 11 is 0. The van der Waals surface area contributed by atoms with Gasteiger partial charge in [-0.25, -0.2) is 9.98 Å². The molecule has 0 bridgehead atoms. The smallest absolute Gasteiger partial charge is 0.394 e. The maximum absolute atomic E-state index is 12.0. The van der Waals surface area contributed by atoms with Crippen LogP contribution in [0.3, 0.4) is 0 Å². The third kappa shape index (κ3) is 16.2. The average Bonchev–Trinajstić information content (AvgIpc) is 3.07. The molecule has 0 atom stereocenters. The first kappa shape index (κ1) is 37.4. The minimum atomic E-state index is -4.67. The van der Waals surface area contributed by atoms with Crippen molar-refractivity contribution in [2.24, 2.45) is 21.5 Å². The second-order valence-corrected chi connectivity index (χ2v) is 10.1. The van der Waals surface area contributed by atoms with Crippen LogP contribution in [-0.4, -0.2) is 55.5 Å². The van der Waals surface area contributed by atoms with Crippen LogP contribution in [0.1, 0.15) is 31.8 Å². The molecule has 4 aromatic carbocycles. The quantitative estimate of drug-likeness (QED) is 0.0915. The monoisotopic (exact) mass is 664 g/mol. The number of rotatable bonds is 8. The number of carbonyl (C=O) groups excluding carboxylic acids is 2. The van der Waals surface area contributed by atoms with E-state index in [0.717, 1.165) is 11.1 Å². The number of benzene rings is 4. The molecule has 0 unspecified atom stereocenters. The number of nitrogens with two attached hydrogens (primary N) is 2. The summed E-state index contributed by atoms with van der Waals surface area (Å²) in [5, 5.41) is 5.10. The van der Waals surface area contributed by atoms with Crippen LogP contribution in [0.25, 0.3) is 0 Å². The van der Waals surface area contributed by atoms with Crippen molar-refractivity contribution < 1.29 is 36.6 Å². The molecule has 4 rings (SSSR count). The Morgan fingerprint density at radius 2 is 0.915 bits per heavy atom. The molecule has 0 spiro atoms. The molecule has 0 aromatic heterocycles. The van der Waals surface area contributed by atoms with Crippen LogP contribution in [0, 0.1) is 0 Å². The van der Waals surface area contributed by atoms with Crippen LogP contribution < -0.4 is 31.6 Å². The van der Waals surface area contributed by atoms with E-state index in [4.69, 9.17) is 38.5 Å². The van der Waals surface area contributed by atoms with Gasteiger partial charge in [-0.3, -0.25) is 29.3 Å². The third-order valence-corrected chi connectivity index (χ3v) is 5.74.